The van der Waals surface area contributed by atoms with Crippen LogP contribution < -0.4 is 10.0 Å². The molecule has 0 radical (unpaired) electrons. The van der Waals surface area contributed by atoms with Crippen LogP contribution in [0.5, 0.6) is 0 Å². The van der Waals surface area contributed by atoms with E-state index < -0.39 is 22.0 Å². The number of hydrogen-bond donors (Lipinski definition) is 2. The van der Waals surface area contributed by atoms with Crippen LogP contribution in [0.2, 0.25) is 0 Å². The summed E-state index contributed by atoms with van der Waals surface area (Å²) in [4.78, 5) is 22.0. The number of carbonyl (C=O) groups is 2. The van der Waals surface area contributed by atoms with Gasteiger partial charge in [0.15, 0.2) is 0 Å². The molecular weight excluding hydrogens is 234 g/mol. The average Bonchev–Trinajstić information content (AvgIpc) is 2.13. The fourth-order valence-corrected chi connectivity index (χ4v) is 2.44. The molecule has 8 heteroatoms. The first-order valence-corrected chi connectivity index (χ1v) is 6.32. The second kappa shape index (κ2) is 4.89. The number of hydrogen-bond acceptors (Lipinski definition) is 4. The topological polar surface area (TPSA) is 95.6 Å². The zero-order valence-electron chi connectivity index (χ0n) is 9.19. The maximum atomic E-state index is 11.7. The standard InChI is InChI=1S/C8H15N3O4S/c1-6(2)3-9-16(14,15)11-4-7(12)10-8(13)5-11/h6,9H,3-5H2,1-2H3,(H,10,12,13). The van der Waals surface area contributed by atoms with Gasteiger partial charge < -0.3 is 0 Å². The monoisotopic (exact) mass is 249 g/mol. The second-order valence-electron chi connectivity index (χ2n) is 3.99. The molecule has 1 aliphatic rings. The summed E-state index contributed by atoms with van der Waals surface area (Å²) in [7, 11) is -3.74. The molecule has 1 aliphatic heterocycles. The Morgan fingerprint density at radius 1 is 1.31 bits per heavy atom. The lowest BCUT2D eigenvalue weighted by atomic mass is 10.2. The maximum Gasteiger partial charge on any atom is 0.280 e. The highest BCUT2D eigenvalue weighted by Gasteiger charge is 2.31. The molecule has 0 aliphatic carbocycles. The van der Waals surface area contributed by atoms with Crippen molar-refractivity contribution in [3.05, 3.63) is 0 Å². The molecule has 0 aromatic rings. The molecule has 1 saturated heterocycles. The van der Waals surface area contributed by atoms with Crippen LogP contribution in [0.25, 0.3) is 0 Å². The Balaban J connectivity index is 2.68. The first-order chi connectivity index (χ1) is 7.31. The minimum absolute atomic E-state index is 0.157. The van der Waals surface area contributed by atoms with E-state index in [1.807, 2.05) is 19.2 Å². The number of nitrogens with one attached hydrogen (secondary N) is 2. The number of piperazine rings is 1. The van der Waals surface area contributed by atoms with E-state index in [9.17, 15) is 18.0 Å². The van der Waals surface area contributed by atoms with Gasteiger partial charge in [-0.2, -0.15) is 12.7 Å². The molecule has 0 saturated carbocycles. The summed E-state index contributed by atoms with van der Waals surface area (Å²) in [6.45, 7) is 3.35. The lowest BCUT2D eigenvalue weighted by Crippen LogP contribution is -2.56. The molecule has 1 heterocycles. The van der Waals surface area contributed by atoms with Crippen molar-refractivity contribution in [2.45, 2.75) is 13.8 Å². The van der Waals surface area contributed by atoms with E-state index in [4.69, 9.17) is 0 Å². The summed E-state index contributed by atoms with van der Waals surface area (Å²) in [5.41, 5.74) is 0. The fourth-order valence-electron chi connectivity index (χ4n) is 1.14. The van der Waals surface area contributed by atoms with E-state index in [1.54, 1.807) is 0 Å². The first-order valence-electron chi connectivity index (χ1n) is 4.88. The third-order valence-electron chi connectivity index (χ3n) is 1.93. The Hall–Kier alpha value is -0.990. The van der Waals surface area contributed by atoms with E-state index >= 15 is 0 Å². The lowest BCUT2D eigenvalue weighted by molar-refractivity contribution is -0.134. The Morgan fingerprint density at radius 2 is 1.81 bits per heavy atom. The van der Waals surface area contributed by atoms with Crippen molar-refractivity contribution >= 4 is 22.0 Å². The summed E-state index contributed by atoms with van der Waals surface area (Å²) in [6, 6.07) is 0. The molecule has 0 unspecified atom stereocenters. The van der Waals surface area contributed by atoms with Crippen LogP contribution in [0.1, 0.15) is 13.8 Å². The van der Waals surface area contributed by atoms with Crippen molar-refractivity contribution in [1.82, 2.24) is 14.3 Å². The van der Waals surface area contributed by atoms with Crippen LogP contribution in [0.4, 0.5) is 0 Å². The predicted molar refractivity (Wildman–Crippen MR) is 56.5 cm³/mol. The van der Waals surface area contributed by atoms with E-state index in [1.165, 1.54) is 0 Å². The quantitative estimate of drug-likeness (QED) is 0.589. The molecule has 0 spiro atoms. The second-order valence-corrected chi connectivity index (χ2v) is 5.74. The van der Waals surface area contributed by atoms with Crippen LogP contribution >= 0.6 is 0 Å². The van der Waals surface area contributed by atoms with Gasteiger partial charge >= 0.3 is 0 Å². The highest BCUT2D eigenvalue weighted by atomic mass is 32.2. The van der Waals surface area contributed by atoms with Gasteiger partial charge in [0.1, 0.15) is 0 Å². The molecule has 92 valence electrons. The van der Waals surface area contributed by atoms with Crippen LogP contribution in [-0.4, -0.2) is 44.2 Å². The molecule has 0 aromatic carbocycles. The molecule has 0 bridgehead atoms. The van der Waals surface area contributed by atoms with E-state index in [2.05, 4.69) is 4.72 Å². The number of nitrogens with zero attached hydrogens (tertiary/aromatic N) is 1. The highest BCUT2D eigenvalue weighted by Crippen LogP contribution is 2.02. The van der Waals surface area contributed by atoms with Crippen molar-refractivity contribution < 1.29 is 18.0 Å². The Labute approximate surface area is 94.4 Å². The van der Waals surface area contributed by atoms with Crippen LogP contribution in [0.3, 0.4) is 0 Å². The van der Waals surface area contributed by atoms with E-state index in [-0.39, 0.29) is 25.6 Å². The smallest absolute Gasteiger partial charge is 0.280 e. The third-order valence-corrected chi connectivity index (χ3v) is 3.40. The first kappa shape index (κ1) is 13.1. The third kappa shape index (κ3) is 3.54. The van der Waals surface area contributed by atoms with Crippen molar-refractivity contribution in [3.63, 3.8) is 0 Å². The molecule has 0 aromatic heterocycles. The Morgan fingerprint density at radius 3 is 2.25 bits per heavy atom. The Kier molecular flexibility index (Phi) is 4.00. The molecule has 2 N–H and O–H groups in total. The lowest BCUT2D eigenvalue weighted by Gasteiger charge is -2.25. The van der Waals surface area contributed by atoms with E-state index in [0.29, 0.717) is 0 Å². The van der Waals surface area contributed by atoms with Gasteiger partial charge in [-0.15, -0.1) is 0 Å². The van der Waals surface area contributed by atoms with Crippen molar-refractivity contribution in [1.29, 1.82) is 0 Å². The largest absolute Gasteiger partial charge is 0.294 e. The molecular formula is C8H15N3O4S. The summed E-state index contributed by atoms with van der Waals surface area (Å²) >= 11 is 0. The normalized spacial score (nSPS) is 18.9. The van der Waals surface area contributed by atoms with Crippen molar-refractivity contribution in [2.75, 3.05) is 19.6 Å². The van der Waals surface area contributed by atoms with Gasteiger partial charge in [0.2, 0.25) is 11.8 Å². The van der Waals surface area contributed by atoms with E-state index in [0.717, 1.165) is 4.31 Å². The minimum atomic E-state index is -3.74. The molecule has 1 rings (SSSR count). The molecule has 7 nitrogen and oxygen atoms in total. The SMILES string of the molecule is CC(C)CNS(=O)(=O)N1CC(=O)NC(=O)C1. The van der Waals surface area contributed by atoms with Gasteiger partial charge in [0, 0.05) is 6.54 Å². The van der Waals surface area contributed by atoms with Gasteiger partial charge in [0.25, 0.3) is 10.2 Å². The zero-order valence-corrected chi connectivity index (χ0v) is 10.0. The molecule has 2 amide bonds. The summed E-state index contributed by atoms with van der Waals surface area (Å²) in [6.07, 6.45) is 0. The van der Waals surface area contributed by atoms with Gasteiger partial charge in [-0.05, 0) is 5.92 Å². The summed E-state index contributed by atoms with van der Waals surface area (Å²) < 4.78 is 26.5. The minimum Gasteiger partial charge on any atom is -0.294 e. The summed E-state index contributed by atoms with van der Waals surface area (Å²) in [5.74, 6) is -1.05. The van der Waals surface area contributed by atoms with Gasteiger partial charge in [-0.3, -0.25) is 14.9 Å². The number of amides is 2. The summed E-state index contributed by atoms with van der Waals surface area (Å²) in [5, 5.41) is 2.03. The van der Waals surface area contributed by atoms with Gasteiger partial charge in [-0.25, -0.2) is 4.72 Å². The molecule has 1 fully saturated rings. The van der Waals surface area contributed by atoms with Gasteiger partial charge in [0.05, 0.1) is 13.1 Å². The highest BCUT2D eigenvalue weighted by molar-refractivity contribution is 7.87. The van der Waals surface area contributed by atoms with Crippen molar-refractivity contribution in [2.24, 2.45) is 5.92 Å². The molecule has 0 atom stereocenters. The molecule has 16 heavy (non-hydrogen) atoms. The predicted octanol–water partition coefficient (Wildman–Crippen LogP) is -1.56. The van der Waals surface area contributed by atoms with Gasteiger partial charge in [-0.1, -0.05) is 13.8 Å². The number of imide groups is 1. The fraction of sp³-hybridized carbons (Fsp3) is 0.750. The number of carbonyl (C=O) groups excluding carboxylic acids is 2. The van der Waals surface area contributed by atoms with Crippen LogP contribution in [-0.2, 0) is 19.8 Å². The van der Waals surface area contributed by atoms with Crippen LogP contribution in [0.15, 0.2) is 0 Å². The average molecular weight is 249 g/mol. The van der Waals surface area contributed by atoms with Crippen molar-refractivity contribution in [3.8, 4) is 0 Å². The Bertz CT molecular complexity index is 374. The number of rotatable bonds is 4. The zero-order chi connectivity index (χ0) is 12.3. The maximum absolute atomic E-state index is 11.7. The van der Waals surface area contributed by atoms with Crippen LogP contribution in [0, 0.1) is 5.92 Å².